The minimum Gasteiger partial charge on any atom is -0.481 e. The summed E-state index contributed by atoms with van der Waals surface area (Å²) in [5.74, 6) is -1.71. The monoisotopic (exact) mass is 297 g/mol. The second kappa shape index (κ2) is 5.92. The third-order valence-corrected chi connectivity index (χ3v) is 3.50. The van der Waals surface area contributed by atoms with Gasteiger partial charge in [-0.05, 0) is 12.8 Å². The molecule has 0 spiro atoms. The van der Waals surface area contributed by atoms with Gasteiger partial charge in [-0.15, -0.1) is 0 Å². The molecule has 1 aromatic heterocycles. The van der Waals surface area contributed by atoms with Gasteiger partial charge in [0.2, 0.25) is 0 Å². The normalized spacial score (nSPS) is 17.1. The summed E-state index contributed by atoms with van der Waals surface area (Å²) in [4.78, 5) is 49.7. The zero-order valence-electron chi connectivity index (χ0n) is 11.1. The Kier molecular flexibility index (Phi) is 4.22. The lowest BCUT2D eigenvalue weighted by Gasteiger charge is -2.33. The van der Waals surface area contributed by atoms with Crippen LogP contribution in [0.1, 0.15) is 23.3 Å². The van der Waals surface area contributed by atoms with E-state index in [0.717, 1.165) is 6.07 Å². The fourth-order valence-electron chi connectivity index (χ4n) is 2.16. The van der Waals surface area contributed by atoms with Crippen molar-refractivity contribution in [1.29, 1.82) is 0 Å². The molecule has 1 amide bonds. The van der Waals surface area contributed by atoms with Crippen molar-refractivity contribution < 1.29 is 19.4 Å². The van der Waals surface area contributed by atoms with Crippen LogP contribution < -0.4 is 16.6 Å². The van der Waals surface area contributed by atoms with Crippen LogP contribution in [0.5, 0.6) is 0 Å². The molecule has 0 atom stereocenters. The quantitative estimate of drug-likeness (QED) is 0.543. The summed E-state index contributed by atoms with van der Waals surface area (Å²) >= 11 is 0. The zero-order chi connectivity index (χ0) is 15.5. The lowest BCUT2D eigenvalue weighted by Crippen LogP contribution is -2.47. The van der Waals surface area contributed by atoms with Gasteiger partial charge in [0.15, 0.2) is 0 Å². The van der Waals surface area contributed by atoms with Gasteiger partial charge >= 0.3 is 11.7 Å². The van der Waals surface area contributed by atoms with Crippen molar-refractivity contribution in [2.24, 2.45) is 5.41 Å². The molecule has 1 saturated heterocycles. The fourth-order valence-corrected chi connectivity index (χ4v) is 2.16. The molecular formula is C12H15N3O6. The SMILES string of the molecule is O=C(NCC1(C(=O)O)CCOCC1)c1cc(=O)[nH]c(=O)[nH]1. The van der Waals surface area contributed by atoms with Crippen molar-refractivity contribution in [3.8, 4) is 0 Å². The highest BCUT2D eigenvalue weighted by Crippen LogP contribution is 2.30. The van der Waals surface area contributed by atoms with Crippen LogP contribution in [0.3, 0.4) is 0 Å². The maximum Gasteiger partial charge on any atom is 0.326 e. The molecule has 2 rings (SSSR count). The van der Waals surface area contributed by atoms with Crippen molar-refractivity contribution in [1.82, 2.24) is 15.3 Å². The van der Waals surface area contributed by atoms with E-state index in [1.54, 1.807) is 0 Å². The van der Waals surface area contributed by atoms with Gasteiger partial charge in [-0.1, -0.05) is 0 Å². The number of aliphatic carboxylic acids is 1. The summed E-state index contributed by atoms with van der Waals surface area (Å²) < 4.78 is 5.13. The minimum atomic E-state index is -1.09. The number of hydrogen-bond donors (Lipinski definition) is 4. The number of amides is 1. The van der Waals surface area contributed by atoms with Crippen molar-refractivity contribution in [3.63, 3.8) is 0 Å². The van der Waals surface area contributed by atoms with Gasteiger partial charge in [-0.3, -0.25) is 19.4 Å². The van der Waals surface area contributed by atoms with Gasteiger partial charge in [0.05, 0.1) is 5.41 Å². The molecule has 0 unspecified atom stereocenters. The molecule has 0 bridgehead atoms. The molecule has 21 heavy (non-hydrogen) atoms. The Morgan fingerprint density at radius 2 is 1.95 bits per heavy atom. The van der Waals surface area contributed by atoms with E-state index in [-0.39, 0.29) is 25.1 Å². The zero-order valence-corrected chi connectivity index (χ0v) is 11.1. The lowest BCUT2D eigenvalue weighted by molar-refractivity contribution is -0.154. The van der Waals surface area contributed by atoms with Crippen LogP contribution in [0.2, 0.25) is 0 Å². The first-order valence-corrected chi connectivity index (χ1v) is 6.36. The number of ether oxygens (including phenoxy) is 1. The molecule has 0 radical (unpaired) electrons. The van der Waals surface area contributed by atoms with Crippen molar-refractivity contribution in [2.75, 3.05) is 19.8 Å². The predicted molar refractivity (Wildman–Crippen MR) is 70.1 cm³/mol. The van der Waals surface area contributed by atoms with E-state index in [0.29, 0.717) is 13.2 Å². The van der Waals surface area contributed by atoms with E-state index in [9.17, 15) is 24.3 Å². The molecule has 0 aliphatic carbocycles. The molecule has 114 valence electrons. The highest BCUT2D eigenvalue weighted by molar-refractivity contribution is 5.92. The minimum absolute atomic E-state index is 0.0979. The standard InChI is InChI=1S/C12H15N3O6/c16-8-5-7(14-11(20)15-8)9(17)13-6-12(10(18)19)1-3-21-4-2-12/h5H,1-4,6H2,(H,13,17)(H,18,19)(H2,14,15,16,20). The Morgan fingerprint density at radius 3 is 2.52 bits per heavy atom. The number of carbonyl (C=O) groups excluding carboxylic acids is 1. The maximum atomic E-state index is 11.9. The second-order valence-corrected chi connectivity index (χ2v) is 4.88. The summed E-state index contributed by atoms with van der Waals surface area (Å²) in [5.41, 5.74) is -2.80. The second-order valence-electron chi connectivity index (χ2n) is 4.88. The Labute approximate surface area is 118 Å². The molecule has 0 aromatic carbocycles. The molecule has 2 heterocycles. The van der Waals surface area contributed by atoms with Crippen LogP contribution in [-0.4, -0.2) is 46.7 Å². The van der Waals surface area contributed by atoms with Gasteiger partial charge in [0.1, 0.15) is 5.69 Å². The fraction of sp³-hybridized carbons (Fsp3) is 0.500. The summed E-state index contributed by atoms with van der Waals surface area (Å²) in [6, 6.07) is 0.939. The summed E-state index contributed by atoms with van der Waals surface area (Å²) in [6.07, 6.45) is 0.572. The van der Waals surface area contributed by atoms with Crippen LogP contribution in [0.15, 0.2) is 15.7 Å². The lowest BCUT2D eigenvalue weighted by atomic mass is 9.80. The molecule has 9 heteroatoms. The highest BCUT2D eigenvalue weighted by atomic mass is 16.5. The number of aromatic amines is 2. The first kappa shape index (κ1) is 15.0. The Hall–Kier alpha value is -2.42. The number of carboxylic acids is 1. The van der Waals surface area contributed by atoms with E-state index in [4.69, 9.17) is 4.74 Å². The van der Waals surface area contributed by atoms with E-state index < -0.39 is 28.5 Å². The molecule has 0 saturated carbocycles. The number of carbonyl (C=O) groups is 2. The number of H-pyrrole nitrogens is 2. The van der Waals surface area contributed by atoms with Crippen molar-refractivity contribution >= 4 is 11.9 Å². The van der Waals surface area contributed by atoms with E-state index in [2.05, 4.69) is 10.3 Å². The van der Waals surface area contributed by atoms with E-state index in [1.165, 1.54) is 0 Å². The third-order valence-electron chi connectivity index (χ3n) is 3.50. The van der Waals surface area contributed by atoms with Crippen LogP contribution in [-0.2, 0) is 9.53 Å². The smallest absolute Gasteiger partial charge is 0.326 e. The molecule has 1 aliphatic heterocycles. The topological polar surface area (TPSA) is 141 Å². The third kappa shape index (κ3) is 3.37. The van der Waals surface area contributed by atoms with E-state index in [1.807, 2.05) is 4.98 Å². The number of rotatable bonds is 4. The molecule has 1 aliphatic rings. The summed E-state index contributed by atoms with van der Waals surface area (Å²) in [7, 11) is 0. The number of carboxylic acid groups (broad SMARTS) is 1. The molecule has 4 N–H and O–H groups in total. The molecule has 1 fully saturated rings. The molecule has 1 aromatic rings. The van der Waals surface area contributed by atoms with E-state index >= 15 is 0 Å². The number of aromatic nitrogens is 2. The van der Waals surface area contributed by atoms with Crippen molar-refractivity contribution in [2.45, 2.75) is 12.8 Å². The Balaban J connectivity index is 2.10. The van der Waals surface area contributed by atoms with Crippen LogP contribution in [0.25, 0.3) is 0 Å². The van der Waals surface area contributed by atoms with Gasteiger partial charge in [-0.2, -0.15) is 0 Å². The molecular weight excluding hydrogens is 282 g/mol. The van der Waals surface area contributed by atoms with Crippen LogP contribution in [0.4, 0.5) is 0 Å². The first-order valence-electron chi connectivity index (χ1n) is 6.36. The maximum absolute atomic E-state index is 11.9. The summed E-state index contributed by atoms with van der Waals surface area (Å²) in [6.45, 7) is 0.521. The Bertz CT molecular complexity index is 627. The van der Waals surface area contributed by atoms with Crippen LogP contribution >= 0.6 is 0 Å². The van der Waals surface area contributed by atoms with Gasteiger partial charge in [0.25, 0.3) is 11.5 Å². The average molecular weight is 297 g/mol. The summed E-state index contributed by atoms with van der Waals surface area (Å²) in [5, 5.41) is 11.8. The largest absolute Gasteiger partial charge is 0.481 e. The number of hydrogen-bond acceptors (Lipinski definition) is 5. The predicted octanol–water partition coefficient (Wildman–Crippen LogP) is -1.33. The highest BCUT2D eigenvalue weighted by Gasteiger charge is 2.40. The van der Waals surface area contributed by atoms with Crippen molar-refractivity contribution in [3.05, 3.63) is 32.6 Å². The van der Waals surface area contributed by atoms with Crippen LogP contribution in [0, 0.1) is 5.41 Å². The van der Waals surface area contributed by atoms with Gasteiger partial charge < -0.3 is 20.1 Å². The average Bonchev–Trinajstić information content (AvgIpc) is 2.44. The van der Waals surface area contributed by atoms with Gasteiger partial charge in [0, 0.05) is 25.8 Å². The first-order chi connectivity index (χ1) is 9.93. The Morgan fingerprint density at radius 1 is 1.29 bits per heavy atom. The number of nitrogens with one attached hydrogen (secondary N) is 3. The molecule has 9 nitrogen and oxygen atoms in total. The van der Waals surface area contributed by atoms with Gasteiger partial charge in [-0.25, -0.2) is 4.79 Å².